The summed E-state index contributed by atoms with van der Waals surface area (Å²) < 4.78 is 16.5. The molecule has 1 unspecified atom stereocenters. The number of rotatable bonds is 3. The minimum absolute atomic E-state index is 0.106. The average Bonchev–Trinajstić information content (AvgIpc) is 3.51. The topological polar surface area (TPSA) is 75.0 Å². The molecule has 0 bridgehead atoms. The monoisotopic (exact) mass is 343 g/mol. The molecule has 1 aliphatic carbocycles. The first-order valence-electron chi connectivity index (χ1n) is 8.63. The Hall–Kier alpha value is -2.46. The third-order valence-corrected chi connectivity index (χ3v) is 4.95. The molecule has 25 heavy (non-hydrogen) atoms. The van der Waals surface area contributed by atoms with Crippen LogP contribution in [0.2, 0.25) is 0 Å². The van der Waals surface area contributed by atoms with Crippen LogP contribution < -0.4 is 14.2 Å². The number of ether oxygens (including phenoxy) is 3. The number of hydrogen-bond donors (Lipinski definition) is 0. The number of nitrogens with zero attached hydrogens (tertiary/aromatic N) is 3. The Morgan fingerprint density at radius 1 is 1.28 bits per heavy atom. The fourth-order valence-electron chi connectivity index (χ4n) is 3.52. The molecule has 0 radical (unpaired) electrons. The van der Waals surface area contributed by atoms with Gasteiger partial charge in [0.25, 0.3) is 5.91 Å². The minimum Gasteiger partial charge on any atom is -0.493 e. The fraction of sp³-hybridized carbons (Fsp3) is 0.556. The molecule has 1 aromatic carbocycles. The summed E-state index contributed by atoms with van der Waals surface area (Å²) >= 11 is 0. The first-order valence-corrected chi connectivity index (χ1v) is 8.63. The second kappa shape index (κ2) is 6.45. The summed E-state index contributed by atoms with van der Waals surface area (Å²) in [6.45, 7) is 2.72. The lowest BCUT2D eigenvalue weighted by atomic mass is 10.1. The maximum Gasteiger partial charge on any atom is 0.254 e. The fourth-order valence-corrected chi connectivity index (χ4v) is 3.52. The molecule has 7 nitrogen and oxygen atoms in total. The molecular formula is C18H21N3O4. The van der Waals surface area contributed by atoms with Crippen LogP contribution in [0.4, 0.5) is 0 Å². The van der Waals surface area contributed by atoms with E-state index in [0.717, 1.165) is 19.4 Å². The molecule has 1 aromatic rings. The van der Waals surface area contributed by atoms with Gasteiger partial charge >= 0.3 is 0 Å². The number of benzene rings is 1. The summed E-state index contributed by atoms with van der Waals surface area (Å²) in [4.78, 5) is 16.9. The third kappa shape index (κ3) is 2.98. The Labute approximate surface area is 146 Å². The highest BCUT2D eigenvalue weighted by Crippen LogP contribution is 2.40. The quantitative estimate of drug-likeness (QED) is 0.823. The number of methoxy groups -OCH3 is 1. The summed E-state index contributed by atoms with van der Waals surface area (Å²) in [5.74, 6) is 1.46. The molecule has 0 spiro atoms. The lowest BCUT2D eigenvalue weighted by Crippen LogP contribution is -2.54. The van der Waals surface area contributed by atoms with Crippen molar-refractivity contribution in [2.24, 2.45) is 0 Å². The number of nitriles is 1. The molecule has 4 rings (SSSR count). The Kier molecular flexibility index (Phi) is 4.14. The van der Waals surface area contributed by atoms with Crippen molar-refractivity contribution in [3.8, 4) is 23.3 Å². The van der Waals surface area contributed by atoms with Crippen LogP contribution in [0.1, 0.15) is 23.2 Å². The zero-order chi connectivity index (χ0) is 17.4. The van der Waals surface area contributed by atoms with E-state index < -0.39 is 0 Å². The van der Waals surface area contributed by atoms with Gasteiger partial charge in [-0.25, -0.2) is 0 Å². The van der Waals surface area contributed by atoms with Crippen LogP contribution in [-0.2, 0) is 0 Å². The largest absolute Gasteiger partial charge is 0.493 e. The van der Waals surface area contributed by atoms with Gasteiger partial charge in [0, 0.05) is 31.2 Å². The van der Waals surface area contributed by atoms with Crippen LogP contribution in [-0.4, -0.2) is 67.7 Å². The van der Waals surface area contributed by atoms with Crippen LogP contribution in [0.15, 0.2) is 12.1 Å². The van der Waals surface area contributed by atoms with E-state index in [4.69, 9.17) is 14.2 Å². The third-order valence-electron chi connectivity index (χ3n) is 4.95. The highest BCUT2D eigenvalue weighted by molar-refractivity contribution is 5.95. The van der Waals surface area contributed by atoms with Gasteiger partial charge in [0.05, 0.1) is 13.2 Å². The van der Waals surface area contributed by atoms with E-state index in [2.05, 4.69) is 11.0 Å². The second-order valence-electron chi connectivity index (χ2n) is 6.57. The maximum absolute atomic E-state index is 13.0. The van der Waals surface area contributed by atoms with Gasteiger partial charge in [-0.2, -0.15) is 5.26 Å². The van der Waals surface area contributed by atoms with Crippen molar-refractivity contribution in [1.29, 1.82) is 5.26 Å². The van der Waals surface area contributed by atoms with E-state index in [1.807, 2.05) is 0 Å². The van der Waals surface area contributed by atoms with Crippen LogP contribution in [0.5, 0.6) is 17.2 Å². The molecule has 3 aliphatic rings. The molecular weight excluding hydrogens is 322 g/mol. The van der Waals surface area contributed by atoms with E-state index in [0.29, 0.717) is 55.2 Å². The van der Waals surface area contributed by atoms with Gasteiger partial charge in [0.15, 0.2) is 11.5 Å². The number of hydrogen-bond acceptors (Lipinski definition) is 6. The zero-order valence-electron chi connectivity index (χ0n) is 14.2. The normalized spacial score (nSPS) is 23.0. The van der Waals surface area contributed by atoms with Crippen LogP contribution in [0, 0.1) is 11.3 Å². The number of fused-ring (bicyclic) bond motifs is 1. The Morgan fingerprint density at radius 2 is 2.08 bits per heavy atom. The van der Waals surface area contributed by atoms with E-state index >= 15 is 0 Å². The zero-order valence-corrected chi connectivity index (χ0v) is 14.2. The molecule has 0 N–H and O–H groups in total. The van der Waals surface area contributed by atoms with E-state index in [-0.39, 0.29) is 11.9 Å². The van der Waals surface area contributed by atoms with Crippen LogP contribution in [0.3, 0.4) is 0 Å². The molecule has 1 atom stereocenters. The van der Waals surface area contributed by atoms with E-state index in [9.17, 15) is 10.1 Å². The molecule has 1 saturated heterocycles. The predicted molar refractivity (Wildman–Crippen MR) is 89.0 cm³/mol. The van der Waals surface area contributed by atoms with Crippen molar-refractivity contribution in [3.63, 3.8) is 0 Å². The van der Waals surface area contributed by atoms with Gasteiger partial charge in [-0.3, -0.25) is 9.69 Å². The summed E-state index contributed by atoms with van der Waals surface area (Å²) in [6, 6.07) is 6.03. The van der Waals surface area contributed by atoms with E-state index in [1.54, 1.807) is 24.1 Å². The molecule has 2 heterocycles. The molecule has 1 amide bonds. The predicted octanol–water partition coefficient (Wildman–Crippen LogP) is 1.28. The first kappa shape index (κ1) is 16.0. The highest BCUT2D eigenvalue weighted by atomic mass is 16.6. The van der Waals surface area contributed by atoms with Gasteiger partial charge in [0.2, 0.25) is 5.75 Å². The van der Waals surface area contributed by atoms with Crippen LogP contribution in [0.25, 0.3) is 0 Å². The number of amides is 1. The molecule has 2 aliphatic heterocycles. The lowest BCUT2D eigenvalue weighted by Gasteiger charge is -2.38. The number of carbonyl (C=O) groups is 1. The van der Waals surface area contributed by atoms with Gasteiger partial charge in [0.1, 0.15) is 19.3 Å². The molecule has 1 saturated carbocycles. The van der Waals surface area contributed by atoms with Crippen molar-refractivity contribution in [3.05, 3.63) is 17.7 Å². The summed E-state index contributed by atoms with van der Waals surface area (Å²) in [6.07, 6.45) is 2.32. The first-order chi connectivity index (χ1) is 12.2. The molecule has 7 heteroatoms. The smallest absolute Gasteiger partial charge is 0.254 e. The molecule has 2 fully saturated rings. The van der Waals surface area contributed by atoms with Crippen molar-refractivity contribution < 1.29 is 19.0 Å². The van der Waals surface area contributed by atoms with Crippen molar-refractivity contribution in [2.45, 2.75) is 24.9 Å². The standard InChI is InChI=1S/C18H21N3O4/c1-23-15-8-12(9-16-17(15)25-7-6-24-16)18(22)20-4-5-21(13-2-3-13)14(10-19)11-20/h8-9,13-14H,2-7,11H2,1H3. The highest BCUT2D eigenvalue weighted by Gasteiger charge is 2.38. The Morgan fingerprint density at radius 3 is 2.80 bits per heavy atom. The van der Waals surface area contributed by atoms with Crippen molar-refractivity contribution in [1.82, 2.24) is 9.80 Å². The second-order valence-corrected chi connectivity index (χ2v) is 6.57. The Bertz CT molecular complexity index is 709. The molecule has 132 valence electrons. The van der Waals surface area contributed by atoms with E-state index in [1.165, 1.54) is 0 Å². The SMILES string of the molecule is COc1cc(C(=O)N2CCN(C3CC3)C(C#N)C2)cc2c1OCCO2. The summed E-state index contributed by atoms with van der Waals surface area (Å²) in [5.41, 5.74) is 0.498. The van der Waals surface area contributed by atoms with Gasteiger partial charge in [-0.1, -0.05) is 0 Å². The van der Waals surface area contributed by atoms with Crippen molar-refractivity contribution in [2.75, 3.05) is 40.0 Å². The molecule has 0 aromatic heterocycles. The summed E-state index contributed by atoms with van der Waals surface area (Å²) in [5, 5.41) is 9.46. The number of carbonyl (C=O) groups excluding carboxylic acids is 1. The lowest BCUT2D eigenvalue weighted by molar-refractivity contribution is 0.0549. The van der Waals surface area contributed by atoms with Gasteiger partial charge in [-0.05, 0) is 25.0 Å². The number of piperazine rings is 1. The maximum atomic E-state index is 13.0. The minimum atomic E-state index is -0.232. The van der Waals surface area contributed by atoms with Gasteiger partial charge in [-0.15, -0.1) is 0 Å². The average molecular weight is 343 g/mol. The van der Waals surface area contributed by atoms with Gasteiger partial charge < -0.3 is 19.1 Å². The Balaban J connectivity index is 1.55. The van der Waals surface area contributed by atoms with Crippen molar-refractivity contribution >= 4 is 5.91 Å². The summed E-state index contributed by atoms with van der Waals surface area (Å²) in [7, 11) is 1.54. The van der Waals surface area contributed by atoms with Crippen LogP contribution >= 0.6 is 0 Å².